The van der Waals surface area contributed by atoms with Crippen molar-refractivity contribution in [3.05, 3.63) is 0 Å². The molecule has 1 rings (SSSR count). The van der Waals surface area contributed by atoms with Crippen LogP contribution in [-0.4, -0.2) is 37.6 Å². The summed E-state index contributed by atoms with van der Waals surface area (Å²) in [7, 11) is 4.40. The highest BCUT2D eigenvalue weighted by Gasteiger charge is 2.33. The van der Waals surface area contributed by atoms with Crippen LogP contribution in [0.3, 0.4) is 0 Å². The first-order chi connectivity index (χ1) is 7.33. The van der Waals surface area contributed by atoms with Crippen LogP contribution < -0.4 is 5.32 Å². The molecule has 2 nitrogen and oxygen atoms in total. The van der Waals surface area contributed by atoms with E-state index >= 15 is 0 Å². The molecule has 0 aromatic rings. The van der Waals surface area contributed by atoms with Crippen LogP contribution in [0.1, 0.15) is 52.9 Å². The van der Waals surface area contributed by atoms with Gasteiger partial charge in [-0.1, -0.05) is 19.3 Å². The lowest BCUT2D eigenvalue weighted by atomic mass is 9.73. The van der Waals surface area contributed by atoms with Gasteiger partial charge < -0.3 is 10.2 Å². The Hall–Kier alpha value is -0.0800. The van der Waals surface area contributed by atoms with E-state index in [1.165, 1.54) is 45.2 Å². The summed E-state index contributed by atoms with van der Waals surface area (Å²) in [6, 6.07) is 0. The molecule has 0 aromatic carbocycles. The van der Waals surface area contributed by atoms with E-state index in [4.69, 9.17) is 0 Å². The number of hydrogen-bond acceptors (Lipinski definition) is 2. The van der Waals surface area contributed by atoms with Crippen LogP contribution in [0.25, 0.3) is 0 Å². The van der Waals surface area contributed by atoms with Gasteiger partial charge in [0, 0.05) is 18.6 Å². The van der Waals surface area contributed by atoms with Crippen LogP contribution in [0.2, 0.25) is 0 Å². The van der Waals surface area contributed by atoms with E-state index in [2.05, 4.69) is 45.1 Å². The first-order valence-corrected chi connectivity index (χ1v) is 6.73. The Balaban J connectivity index is 2.55. The lowest BCUT2D eigenvalue weighted by Gasteiger charge is -2.41. The Labute approximate surface area is 102 Å². The van der Waals surface area contributed by atoms with E-state index in [1.807, 2.05) is 0 Å². The Morgan fingerprint density at radius 3 is 2.06 bits per heavy atom. The van der Waals surface area contributed by atoms with E-state index < -0.39 is 0 Å². The SMILES string of the molecule is CN(C)CC1(CNC(C)(C)C)CCCCC1. The van der Waals surface area contributed by atoms with E-state index in [0.29, 0.717) is 5.41 Å². The van der Waals surface area contributed by atoms with Crippen LogP contribution in [0.15, 0.2) is 0 Å². The molecule has 0 heterocycles. The summed E-state index contributed by atoms with van der Waals surface area (Å²) in [5.41, 5.74) is 0.770. The zero-order valence-electron chi connectivity index (χ0n) is 11.9. The number of hydrogen-bond donors (Lipinski definition) is 1. The molecule has 0 radical (unpaired) electrons. The monoisotopic (exact) mass is 226 g/mol. The third-order valence-electron chi connectivity index (χ3n) is 3.56. The lowest BCUT2D eigenvalue weighted by Crippen LogP contribution is -2.48. The average Bonchev–Trinajstić information content (AvgIpc) is 2.14. The fourth-order valence-electron chi connectivity index (χ4n) is 2.82. The van der Waals surface area contributed by atoms with Gasteiger partial charge in [0.25, 0.3) is 0 Å². The van der Waals surface area contributed by atoms with Gasteiger partial charge in [-0.25, -0.2) is 0 Å². The first-order valence-electron chi connectivity index (χ1n) is 6.73. The molecule has 1 N–H and O–H groups in total. The minimum Gasteiger partial charge on any atom is -0.311 e. The summed E-state index contributed by atoms with van der Waals surface area (Å²) in [6.07, 6.45) is 7.06. The molecule has 96 valence electrons. The van der Waals surface area contributed by atoms with Crippen molar-refractivity contribution in [3.63, 3.8) is 0 Å². The number of nitrogens with zero attached hydrogens (tertiary/aromatic N) is 1. The summed E-state index contributed by atoms with van der Waals surface area (Å²) >= 11 is 0. The maximum absolute atomic E-state index is 3.71. The van der Waals surface area contributed by atoms with Crippen molar-refractivity contribution in [2.24, 2.45) is 5.41 Å². The summed E-state index contributed by atoms with van der Waals surface area (Å²) < 4.78 is 0. The number of nitrogens with one attached hydrogen (secondary N) is 1. The fourth-order valence-corrected chi connectivity index (χ4v) is 2.82. The Bertz CT molecular complexity index is 197. The molecule has 1 aliphatic rings. The van der Waals surface area contributed by atoms with Gasteiger partial charge in [0.2, 0.25) is 0 Å². The van der Waals surface area contributed by atoms with E-state index in [9.17, 15) is 0 Å². The predicted molar refractivity (Wildman–Crippen MR) is 71.8 cm³/mol. The van der Waals surface area contributed by atoms with E-state index in [-0.39, 0.29) is 5.54 Å². The van der Waals surface area contributed by atoms with Gasteiger partial charge in [-0.2, -0.15) is 0 Å². The molecule has 1 fully saturated rings. The molecule has 0 spiro atoms. The predicted octanol–water partition coefficient (Wildman–Crippen LogP) is 2.89. The average molecular weight is 226 g/mol. The topological polar surface area (TPSA) is 15.3 Å². The largest absolute Gasteiger partial charge is 0.311 e. The first kappa shape index (κ1) is 14.0. The molecule has 0 saturated heterocycles. The maximum Gasteiger partial charge on any atom is 0.00967 e. The van der Waals surface area contributed by atoms with Gasteiger partial charge in [0.05, 0.1) is 0 Å². The van der Waals surface area contributed by atoms with Crippen molar-refractivity contribution < 1.29 is 0 Å². The third-order valence-corrected chi connectivity index (χ3v) is 3.56. The molecule has 0 amide bonds. The van der Waals surface area contributed by atoms with E-state index in [1.54, 1.807) is 0 Å². The molecular weight excluding hydrogens is 196 g/mol. The number of rotatable bonds is 4. The van der Waals surface area contributed by atoms with Gasteiger partial charge in [-0.05, 0) is 53.1 Å². The molecule has 1 aliphatic carbocycles. The maximum atomic E-state index is 3.71. The van der Waals surface area contributed by atoms with Crippen LogP contribution in [0, 0.1) is 5.41 Å². The molecule has 0 atom stereocenters. The highest BCUT2D eigenvalue weighted by atomic mass is 15.1. The highest BCUT2D eigenvalue weighted by Crippen LogP contribution is 2.36. The van der Waals surface area contributed by atoms with Gasteiger partial charge >= 0.3 is 0 Å². The van der Waals surface area contributed by atoms with E-state index in [0.717, 1.165) is 0 Å². The highest BCUT2D eigenvalue weighted by molar-refractivity contribution is 4.89. The van der Waals surface area contributed by atoms with Crippen molar-refractivity contribution in [1.29, 1.82) is 0 Å². The van der Waals surface area contributed by atoms with Crippen molar-refractivity contribution in [2.45, 2.75) is 58.4 Å². The zero-order chi connectivity index (χ0) is 12.2. The standard InChI is InChI=1S/C14H30N2/c1-13(2,3)15-11-14(12-16(4)5)9-7-6-8-10-14/h15H,6-12H2,1-5H3. The van der Waals surface area contributed by atoms with Crippen LogP contribution in [0.4, 0.5) is 0 Å². The van der Waals surface area contributed by atoms with Crippen molar-refractivity contribution in [2.75, 3.05) is 27.2 Å². The Kier molecular flexibility index (Phi) is 4.81. The molecule has 1 saturated carbocycles. The molecule has 0 aromatic heterocycles. The van der Waals surface area contributed by atoms with Gasteiger partial charge in [-0.3, -0.25) is 0 Å². The molecular formula is C14H30N2. The van der Waals surface area contributed by atoms with Crippen LogP contribution in [-0.2, 0) is 0 Å². The minimum atomic E-state index is 0.247. The van der Waals surface area contributed by atoms with Gasteiger partial charge in [-0.15, -0.1) is 0 Å². The molecule has 0 bridgehead atoms. The second-order valence-electron chi connectivity index (χ2n) is 6.90. The summed E-state index contributed by atoms with van der Waals surface area (Å²) in [5, 5.41) is 3.71. The smallest absolute Gasteiger partial charge is 0.00967 e. The van der Waals surface area contributed by atoms with Crippen molar-refractivity contribution in [3.8, 4) is 0 Å². The van der Waals surface area contributed by atoms with Crippen LogP contribution in [0.5, 0.6) is 0 Å². The fraction of sp³-hybridized carbons (Fsp3) is 1.00. The second-order valence-corrected chi connectivity index (χ2v) is 6.90. The minimum absolute atomic E-state index is 0.247. The summed E-state index contributed by atoms with van der Waals surface area (Å²) in [6.45, 7) is 9.20. The molecule has 0 unspecified atom stereocenters. The molecule has 2 heteroatoms. The Morgan fingerprint density at radius 2 is 1.62 bits per heavy atom. The summed E-state index contributed by atoms with van der Waals surface area (Å²) in [5.74, 6) is 0. The summed E-state index contributed by atoms with van der Waals surface area (Å²) in [4.78, 5) is 2.36. The van der Waals surface area contributed by atoms with Gasteiger partial charge in [0.15, 0.2) is 0 Å². The van der Waals surface area contributed by atoms with Crippen LogP contribution >= 0.6 is 0 Å². The molecule has 0 aliphatic heterocycles. The van der Waals surface area contributed by atoms with Gasteiger partial charge in [0.1, 0.15) is 0 Å². The van der Waals surface area contributed by atoms with Crippen molar-refractivity contribution >= 4 is 0 Å². The quantitative estimate of drug-likeness (QED) is 0.793. The molecule has 16 heavy (non-hydrogen) atoms. The van der Waals surface area contributed by atoms with Crippen molar-refractivity contribution in [1.82, 2.24) is 10.2 Å². The lowest BCUT2D eigenvalue weighted by molar-refractivity contribution is 0.121. The zero-order valence-corrected chi connectivity index (χ0v) is 11.9. The Morgan fingerprint density at radius 1 is 1.06 bits per heavy atom. The second kappa shape index (κ2) is 5.50. The third kappa shape index (κ3) is 4.84. The normalized spacial score (nSPS) is 21.4.